The van der Waals surface area contributed by atoms with E-state index in [0.29, 0.717) is 5.56 Å². The normalized spacial score (nSPS) is 12.0. The maximum atomic E-state index is 12.3. The van der Waals surface area contributed by atoms with Crippen LogP contribution in [0.4, 0.5) is 5.69 Å². The smallest absolute Gasteiger partial charge is 0.251 e. The molecule has 1 amide bonds. The number of hydrogen-bond acceptors (Lipinski definition) is 5. The number of anilines is 1. The first-order chi connectivity index (χ1) is 13.0. The first-order valence-corrected chi connectivity index (χ1v) is 11.8. The summed E-state index contributed by atoms with van der Waals surface area (Å²) in [4.78, 5) is 12.5. The lowest BCUT2D eigenvalue weighted by atomic mass is 10.2. The third-order valence-electron chi connectivity index (χ3n) is 3.48. The zero-order chi connectivity index (χ0) is 20.9. The van der Waals surface area contributed by atoms with Crippen molar-refractivity contribution in [1.82, 2.24) is 10.0 Å². The molecule has 2 aromatic rings. The molecule has 0 fully saturated rings. The van der Waals surface area contributed by atoms with Crippen molar-refractivity contribution in [3.05, 3.63) is 59.7 Å². The van der Waals surface area contributed by atoms with Crippen LogP contribution in [-0.4, -0.2) is 35.0 Å². The van der Waals surface area contributed by atoms with Gasteiger partial charge in [-0.1, -0.05) is 18.2 Å². The molecule has 10 heteroatoms. The standard InChI is InChI=1S/C18H23N3O5S2/c1-13(2)20-28(25,26)17-9-4-6-14(10-17)12-19-18(22)15-7-5-8-16(11-15)21-27(3,23)24/h4-11,13,20-21H,12H2,1-3H3,(H,19,22). The van der Waals surface area contributed by atoms with E-state index >= 15 is 0 Å². The average molecular weight is 426 g/mol. The highest BCUT2D eigenvalue weighted by Gasteiger charge is 2.16. The third-order valence-corrected chi connectivity index (χ3v) is 5.74. The van der Waals surface area contributed by atoms with E-state index in [2.05, 4.69) is 14.8 Å². The van der Waals surface area contributed by atoms with E-state index in [-0.39, 0.29) is 28.7 Å². The van der Waals surface area contributed by atoms with Gasteiger partial charge in [0.25, 0.3) is 5.91 Å². The number of sulfonamides is 2. The molecule has 0 aliphatic carbocycles. The predicted molar refractivity (Wildman–Crippen MR) is 108 cm³/mol. The number of rotatable bonds is 8. The summed E-state index contributed by atoms with van der Waals surface area (Å²) in [5, 5.41) is 2.69. The first-order valence-electron chi connectivity index (χ1n) is 8.43. The van der Waals surface area contributed by atoms with Crippen LogP contribution in [0.3, 0.4) is 0 Å². The number of hydrogen-bond donors (Lipinski definition) is 3. The highest BCUT2D eigenvalue weighted by atomic mass is 32.2. The van der Waals surface area contributed by atoms with Crippen LogP contribution in [-0.2, 0) is 26.6 Å². The molecule has 0 saturated heterocycles. The van der Waals surface area contributed by atoms with Gasteiger partial charge in [-0.25, -0.2) is 21.6 Å². The lowest BCUT2D eigenvalue weighted by molar-refractivity contribution is 0.0951. The van der Waals surface area contributed by atoms with Crippen molar-refractivity contribution in [3.8, 4) is 0 Å². The molecule has 2 aromatic carbocycles. The summed E-state index contributed by atoms with van der Waals surface area (Å²) in [6.07, 6.45) is 1.02. The number of amides is 1. The van der Waals surface area contributed by atoms with E-state index in [1.54, 1.807) is 38.1 Å². The number of carbonyl (C=O) groups excluding carboxylic acids is 1. The van der Waals surface area contributed by atoms with Crippen LogP contribution in [0.15, 0.2) is 53.4 Å². The first kappa shape index (κ1) is 21.9. The molecular weight excluding hydrogens is 402 g/mol. The van der Waals surface area contributed by atoms with Gasteiger partial charge in [-0.05, 0) is 49.7 Å². The van der Waals surface area contributed by atoms with Crippen molar-refractivity contribution in [2.45, 2.75) is 31.3 Å². The predicted octanol–water partition coefficient (Wildman–Crippen LogP) is 1.67. The Balaban J connectivity index is 2.09. The van der Waals surface area contributed by atoms with E-state index in [1.165, 1.54) is 24.3 Å². The molecule has 0 unspecified atom stereocenters. The molecule has 0 aromatic heterocycles. The third kappa shape index (κ3) is 6.63. The Labute approximate surface area is 165 Å². The van der Waals surface area contributed by atoms with Crippen LogP contribution >= 0.6 is 0 Å². The van der Waals surface area contributed by atoms with Gasteiger partial charge in [-0.2, -0.15) is 0 Å². The minimum Gasteiger partial charge on any atom is -0.348 e. The van der Waals surface area contributed by atoms with Crippen LogP contribution in [0.1, 0.15) is 29.8 Å². The Morgan fingerprint density at radius 3 is 2.32 bits per heavy atom. The Kier molecular flexibility index (Phi) is 6.81. The molecule has 152 valence electrons. The molecule has 0 saturated carbocycles. The van der Waals surface area contributed by atoms with Crippen molar-refractivity contribution in [1.29, 1.82) is 0 Å². The van der Waals surface area contributed by atoms with Crippen LogP contribution in [0.25, 0.3) is 0 Å². The second-order valence-corrected chi connectivity index (χ2v) is 10.0. The summed E-state index contributed by atoms with van der Waals surface area (Å²) < 4.78 is 51.9. The van der Waals surface area contributed by atoms with E-state index < -0.39 is 26.0 Å². The van der Waals surface area contributed by atoms with Crippen LogP contribution in [0.5, 0.6) is 0 Å². The Morgan fingerprint density at radius 1 is 1.00 bits per heavy atom. The minimum absolute atomic E-state index is 0.118. The second-order valence-electron chi connectivity index (χ2n) is 6.56. The summed E-state index contributed by atoms with van der Waals surface area (Å²) in [5.41, 5.74) is 1.17. The zero-order valence-electron chi connectivity index (χ0n) is 15.8. The summed E-state index contributed by atoms with van der Waals surface area (Å²) >= 11 is 0. The van der Waals surface area contributed by atoms with E-state index in [1.807, 2.05) is 0 Å². The fraction of sp³-hybridized carbons (Fsp3) is 0.278. The van der Waals surface area contributed by atoms with Gasteiger partial charge in [-0.3, -0.25) is 9.52 Å². The lowest BCUT2D eigenvalue weighted by Gasteiger charge is -2.11. The van der Waals surface area contributed by atoms with Gasteiger partial charge < -0.3 is 5.32 Å². The van der Waals surface area contributed by atoms with E-state index in [0.717, 1.165) is 6.26 Å². The van der Waals surface area contributed by atoms with Crippen LogP contribution in [0.2, 0.25) is 0 Å². The number of benzene rings is 2. The lowest BCUT2D eigenvalue weighted by Crippen LogP contribution is -2.30. The topological polar surface area (TPSA) is 121 Å². The molecule has 3 N–H and O–H groups in total. The van der Waals surface area contributed by atoms with Gasteiger partial charge >= 0.3 is 0 Å². The summed E-state index contributed by atoms with van der Waals surface area (Å²) in [6, 6.07) is 12.1. The van der Waals surface area contributed by atoms with Crippen LogP contribution in [0, 0.1) is 0 Å². The second kappa shape index (κ2) is 8.72. The van der Waals surface area contributed by atoms with Crippen molar-refractivity contribution in [2.24, 2.45) is 0 Å². The molecule has 0 radical (unpaired) electrons. The molecule has 0 aliphatic heterocycles. The Morgan fingerprint density at radius 2 is 1.68 bits per heavy atom. The SMILES string of the molecule is CC(C)NS(=O)(=O)c1cccc(CNC(=O)c2cccc(NS(C)(=O)=O)c2)c1. The highest BCUT2D eigenvalue weighted by molar-refractivity contribution is 7.92. The minimum atomic E-state index is -3.62. The molecule has 0 heterocycles. The zero-order valence-corrected chi connectivity index (χ0v) is 17.4. The van der Waals surface area contributed by atoms with Gasteiger partial charge in [-0.15, -0.1) is 0 Å². The summed E-state index contributed by atoms with van der Waals surface area (Å²) in [7, 11) is -7.07. The highest BCUT2D eigenvalue weighted by Crippen LogP contribution is 2.14. The van der Waals surface area contributed by atoms with Crippen molar-refractivity contribution in [3.63, 3.8) is 0 Å². The quantitative estimate of drug-likeness (QED) is 0.594. The maximum absolute atomic E-state index is 12.3. The van der Waals surface area contributed by atoms with Gasteiger partial charge in [0, 0.05) is 23.8 Å². The largest absolute Gasteiger partial charge is 0.348 e. The molecule has 0 aliphatic rings. The van der Waals surface area contributed by atoms with Gasteiger partial charge in [0.2, 0.25) is 20.0 Å². The van der Waals surface area contributed by atoms with E-state index in [4.69, 9.17) is 0 Å². The fourth-order valence-corrected chi connectivity index (χ4v) is 4.30. The Hall–Kier alpha value is -2.43. The van der Waals surface area contributed by atoms with Crippen LogP contribution < -0.4 is 14.8 Å². The number of nitrogens with one attached hydrogen (secondary N) is 3. The molecule has 28 heavy (non-hydrogen) atoms. The van der Waals surface area contributed by atoms with Crippen molar-refractivity contribution in [2.75, 3.05) is 11.0 Å². The molecule has 0 atom stereocenters. The van der Waals surface area contributed by atoms with Gasteiger partial charge in [0.15, 0.2) is 0 Å². The van der Waals surface area contributed by atoms with Gasteiger partial charge in [0.05, 0.1) is 11.2 Å². The number of carbonyl (C=O) groups is 1. The fourth-order valence-electron chi connectivity index (χ4n) is 2.42. The molecule has 0 bridgehead atoms. The molecular formula is C18H23N3O5S2. The van der Waals surface area contributed by atoms with E-state index in [9.17, 15) is 21.6 Å². The average Bonchev–Trinajstić information content (AvgIpc) is 2.57. The van der Waals surface area contributed by atoms with Crippen molar-refractivity contribution >= 4 is 31.6 Å². The summed E-state index contributed by atoms with van der Waals surface area (Å²) in [6.45, 7) is 3.58. The van der Waals surface area contributed by atoms with Gasteiger partial charge in [0.1, 0.15) is 0 Å². The molecule has 8 nitrogen and oxygen atoms in total. The molecule has 0 spiro atoms. The summed E-state index contributed by atoms with van der Waals surface area (Å²) in [5.74, 6) is -0.411. The monoisotopic (exact) mass is 425 g/mol. The van der Waals surface area contributed by atoms with Crippen molar-refractivity contribution < 1.29 is 21.6 Å². The maximum Gasteiger partial charge on any atom is 0.251 e. The Bertz CT molecular complexity index is 1060. The molecule has 2 rings (SSSR count).